The summed E-state index contributed by atoms with van der Waals surface area (Å²) in [4.78, 5) is 21.8. The number of carbonyl (C=O) groups is 1. The molecule has 30 heavy (non-hydrogen) atoms. The van der Waals surface area contributed by atoms with Crippen molar-refractivity contribution in [3.63, 3.8) is 0 Å². The largest absolute Gasteiger partial charge is 0.323 e. The molecule has 150 valence electrons. The Balaban J connectivity index is 1.54. The molecule has 7 heteroatoms. The molecule has 0 fully saturated rings. The van der Waals surface area contributed by atoms with Crippen molar-refractivity contribution < 1.29 is 9.18 Å². The van der Waals surface area contributed by atoms with E-state index in [1.165, 1.54) is 23.9 Å². The van der Waals surface area contributed by atoms with Gasteiger partial charge < -0.3 is 5.32 Å². The van der Waals surface area contributed by atoms with Gasteiger partial charge in [0.1, 0.15) is 5.82 Å². The van der Waals surface area contributed by atoms with E-state index < -0.39 is 5.82 Å². The van der Waals surface area contributed by atoms with Gasteiger partial charge in [0.05, 0.1) is 33.6 Å². The van der Waals surface area contributed by atoms with E-state index in [1.807, 2.05) is 48.5 Å². The zero-order valence-electron chi connectivity index (χ0n) is 15.8. The molecule has 1 N–H and O–H groups in total. The third-order valence-electron chi connectivity index (χ3n) is 4.38. The number of hydrogen-bond acceptors (Lipinski definition) is 4. The number of nitrogens with zero attached hydrogens (tertiary/aromatic N) is 2. The van der Waals surface area contributed by atoms with Gasteiger partial charge in [0.25, 0.3) is 0 Å². The zero-order chi connectivity index (χ0) is 20.9. The van der Waals surface area contributed by atoms with Crippen molar-refractivity contribution in [2.24, 2.45) is 9.98 Å². The van der Waals surface area contributed by atoms with Gasteiger partial charge in [-0.1, -0.05) is 48.0 Å². The number of rotatable bonds is 4. The van der Waals surface area contributed by atoms with Gasteiger partial charge in [-0.25, -0.2) is 9.38 Å². The lowest BCUT2D eigenvalue weighted by Gasteiger charge is -2.09. The fourth-order valence-corrected chi connectivity index (χ4v) is 3.93. The lowest BCUT2D eigenvalue weighted by atomic mass is 10.1. The van der Waals surface area contributed by atoms with Crippen LogP contribution in [-0.2, 0) is 4.79 Å². The van der Waals surface area contributed by atoms with Gasteiger partial charge in [0.2, 0.25) is 5.91 Å². The molecule has 1 heterocycles. The smallest absolute Gasteiger partial charge is 0.234 e. The molecule has 4 rings (SSSR count). The Labute approximate surface area is 182 Å². The third-order valence-corrected chi connectivity index (χ3v) is 5.59. The van der Waals surface area contributed by atoms with Gasteiger partial charge in [0, 0.05) is 11.4 Å². The minimum absolute atomic E-state index is 0.109. The predicted molar refractivity (Wildman–Crippen MR) is 123 cm³/mol. The highest BCUT2D eigenvalue weighted by Crippen LogP contribution is 2.33. The molecule has 0 saturated heterocycles. The molecular weight excluding hydrogens is 421 g/mol. The summed E-state index contributed by atoms with van der Waals surface area (Å²) < 4.78 is 13.8. The van der Waals surface area contributed by atoms with Crippen LogP contribution in [0.25, 0.3) is 0 Å². The number of benzene rings is 3. The highest BCUT2D eigenvalue weighted by molar-refractivity contribution is 8.14. The number of carbonyl (C=O) groups excluding carboxylic acids is 1. The van der Waals surface area contributed by atoms with Gasteiger partial charge in [-0.15, -0.1) is 11.8 Å². The average molecular weight is 438 g/mol. The SMILES string of the molecule is O=C(CSC1=Nc2ccccc2N=C(c2cccc(Cl)c2)C1)Nc1ccccc1F. The molecular formula is C23H17ClFN3OS. The summed E-state index contributed by atoms with van der Waals surface area (Å²) in [7, 11) is 0. The normalized spacial score (nSPS) is 13.0. The fraction of sp³-hybridized carbons (Fsp3) is 0.0870. The van der Waals surface area contributed by atoms with Crippen LogP contribution < -0.4 is 5.32 Å². The predicted octanol–water partition coefficient (Wildman–Crippen LogP) is 6.41. The van der Waals surface area contributed by atoms with Crippen LogP contribution in [-0.4, -0.2) is 22.4 Å². The van der Waals surface area contributed by atoms with Crippen LogP contribution in [0.15, 0.2) is 82.8 Å². The lowest BCUT2D eigenvalue weighted by molar-refractivity contribution is -0.113. The first-order chi connectivity index (χ1) is 14.6. The zero-order valence-corrected chi connectivity index (χ0v) is 17.4. The van der Waals surface area contributed by atoms with E-state index in [1.54, 1.807) is 12.1 Å². The van der Waals surface area contributed by atoms with Gasteiger partial charge in [0.15, 0.2) is 0 Å². The van der Waals surface area contributed by atoms with E-state index in [0.29, 0.717) is 11.4 Å². The summed E-state index contributed by atoms with van der Waals surface area (Å²) in [5.41, 5.74) is 3.40. The first kappa shape index (κ1) is 20.3. The summed E-state index contributed by atoms with van der Waals surface area (Å²) in [6.07, 6.45) is 0.465. The van der Waals surface area contributed by atoms with Crippen LogP contribution in [0.5, 0.6) is 0 Å². The van der Waals surface area contributed by atoms with Crippen LogP contribution in [0, 0.1) is 5.82 Å². The minimum Gasteiger partial charge on any atom is -0.323 e. The van der Waals surface area contributed by atoms with Crippen molar-refractivity contribution >= 4 is 57.1 Å². The Kier molecular flexibility index (Phi) is 6.26. The molecule has 1 amide bonds. The van der Waals surface area contributed by atoms with E-state index in [-0.39, 0.29) is 17.3 Å². The molecule has 0 bridgehead atoms. The summed E-state index contributed by atoms with van der Waals surface area (Å²) in [6, 6.07) is 21.2. The number of fused-ring (bicyclic) bond motifs is 1. The molecule has 0 aliphatic carbocycles. The Morgan fingerprint density at radius 3 is 2.50 bits per heavy atom. The summed E-state index contributed by atoms with van der Waals surface area (Å²) in [5.74, 6) is -0.656. The second kappa shape index (κ2) is 9.24. The highest BCUT2D eigenvalue weighted by Gasteiger charge is 2.17. The van der Waals surface area contributed by atoms with Gasteiger partial charge in [-0.2, -0.15) is 0 Å². The lowest BCUT2D eigenvalue weighted by Crippen LogP contribution is -2.17. The quantitative estimate of drug-likeness (QED) is 0.513. The maximum atomic E-state index is 13.8. The molecule has 1 aliphatic heterocycles. The number of para-hydroxylation sites is 3. The molecule has 0 saturated carbocycles. The third kappa shape index (κ3) is 4.96. The monoisotopic (exact) mass is 437 g/mol. The first-order valence-corrected chi connectivity index (χ1v) is 10.6. The van der Waals surface area contributed by atoms with Crippen LogP contribution in [0.3, 0.4) is 0 Å². The standard InChI is InChI=1S/C23H17ClFN3OS/c24-16-7-5-6-15(12-16)21-13-23(28-20-11-4-3-10-19(20)26-21)30-14-22(29)27-18-9-2-1-8-17(18)25/h1-12H,13-14H2,(H,27,29). The van der Waals surface area contributed by atoms with Crippen molar-refractivity contribution in [3.05, 3.63) is 89.2 Å². The van der Waals surface area contributed by atoms with Crippen molar-refractivity contribution in [2.75, 3.05) is 11.1 Å². The highest BCUT2D eigenvalue weighted by atomic mass is 35.5. The Hall–Kier alpha value is -2.96. The second-order valence-corrected chi connectivity index (χ2v) is 8.04. The van der Waals surface area contributed by atoms with Gasteiger partial charge in [-0.3, -0.25) is 9.79 Å². The van der Waals surface area contributed by atoms with Crippen LogP contribution in [0.1, 0.15) is 12.0 Å². The van der Waals surface area contributed by atoms with Crippen LogP contribution >= 0.6 is 23.4 Å². The van der Waals surface area contributed by atoms with E-state index in [9.17, 15) is 9.18 Å². The van der Waals surface area contributed by atoms with E-state index in [2.05, 4.69) is 5.32 Å². The van der Waals surface area contributed by atoms with Crippen LogP contribution in [0.4, 0.5) is 21.5 Å². The molecule has 0 atom stereocenters. The molecule has 3 aromatic carbocycles. The van der Waals surface area contributed by atoms with Crippen molar-refractivity contribution in [1.29, 1.82) is 0 Å². The maximum absolute atomic E-state index is 13.8. The van der Waals surface area contributed by atoms with Crippen molar-refractivity contribution in [1.82, 2.24) is 0 Å². The summed E-state index contributed by atoms with van der Waals surface area (Å²) in [6.45, 7) is 0. The Bertz CT molecular complexity index is 1160. The minimum atomic E-state index is -0.466. The second-order valence-electron chi connectivity index (χ2n) is 6.56. The van der Waals surface area contributed by atoms with Crippen LogP contribution in [0.2, 0.25) is 5.02 Å². The summed E-state index contributed by atoms with van der Waals surface area (Å²) in [5, 5.41) is 3.98. The van der Waals surface area contributed by atoms with Crippen molar-refractivity contribution in [3.8, 4) is 0 Å². The number of halogens is 2. The molecule has 0 aromatic heterocycles. The van der Waals surface area contributed by atoms with Gasteiger partial charge in [-0.05, 0) is 42.0 Å². The van der Waals surface area contributed by atoms with E-state index >= 15 is 0 Å². The van der Waals surface area contributed by atoms with Crippen molar-refractivity contribution in [2.45, 2.75) is 6.42 Å². The topological polar surface area (TPSA) is 53.8 Å². The Morgan fingerprint density at radius 1 is 1.00 bits per heavy atom. The molecule has 0 spiro atoms. The van der Waals surface area contributed by atoms with E-state index in [0.717, 1.165) is 27.7 Å². The molecule has 4 nitrogen and oxygen atoms in total. The number of nitrogens with one attached hydrogen (secondary N) is 1. The van der Waals surface area contributed by atoms with E-state index in [4.69, 9.17) is 21.6 Å². The molecule has 0 unspecified atom stereocenters. The number of aliphatic imine (C=N–C) groups is 2. The molecule has 0 radical (unpaired) electrons. The fourth-order valence-electron chi connectivity index (χ4n) is 2.97. The number of thioether (sulfide) groups is 1. The first-order valence-electron chi connectivity index (χ1n) is 9.26. The summed E-state index contributed by atoms with van der Waals surface area (Å²) >= 11 is 7.47. The molecule has 1 aliphatic rings. The van der Waals surface area contributed by atoms with Gasteiger partial charge >= 0.3 is 0 Å². The Morgan fingerprint density at radius 2 is 1.73 bits per heavy atom. The maximum Gasteiger partial charge on any atom is 0.234 e. The number of hydrogen-bond donors (Lipinski definition) is 1. The number of anilines is 1. The number of amides is 1. The molecule has 3 aromatic rings. The average Bonchev–Trinajstić information content (AvgIpc) is 2.93.